The van der Waals surface area contributed by atoms with Gasteiger partial charge in [-0.3, -0.25) is 4.79 Å². The topological polar surface area (TPSA) is 38.8 Å². The molecule has 0 spiro atoms. The number of hydrogen-bond donors (Lipinski definition) is 0. The van der Waals surface area contributed by atoms with E-state index in [9.17, 15) is 4.79 Å². The zero-order valence-electron chi connectivity index (χ0n) is 11.1. The third-order valence-electron chi connectivity index (χ3n) is 3.23. The lowest BCUT2D eigenvalue weighted by molar-refractivity contribution is -0.147. The van der Waals surface area contributed by atoms with Crippen LogP contribution >= 0.6 is 0 Å². The molecule has 1 aliphatic heterocycles. The largest absolute Gasteiger partial charge is 0.469 e. The van der Waals surface area contributed by atoms with Crippen LogP contribution in [-0.2, 0) is 14.3 Å². The van der Waals surface area contributed by atoms with Crippen LogP contribution in [0.5, 0.6) is 0 Å². The highest BCUT2D eigenvalue weighted by molar-refractivity contribution is 5.72. The van der Waals surface area contributed by atoms with Crippen LogP contribution in [0, 0.1) is 5.92 Å². The van der Waals surface area contributed by atoms with Crippen molar-refractivity contribution in [2.75, 3.05) is 40.0 Å². The van der Waals surface area contributed by atoms with Crippen LogP contribution in [0.2, 0.25) is 0 Å². The fourth-order valence-corrected chi connectivity index (χ4v) is 2.16. The van der Waals surface area contributed by atoms with Crippen molar-refractivity contribution in [3.05, 3.63) is 0 Å². The molecule has 4 heteroatoms. The molecule has 1 atom stereocenters. The lowest BCUT2D eigenvalue weighted by atomic mass is 9.98. The molecule has 1 fully saturated rings. The predicted molar refractivity (Wildman–Crippen MR) is 66.9 cm³/mol. The SMILES string of the molecule is CCCCOCCN1CCC[C@H](C(=O)OC)C1. The van der Waals surface area contributed by atoms with Gasteiger partial charge in [0, 0.05) is 19.7 Å². The normalized spacial score (nSPS) is 21.4. The van der Waals surface area contributed by atoms with E-state index in [2.05, 4.69) is 11.8 Å². The monoisotopic (exact) mass is 243 g/mol. The molecule has 0 aromatic heterocycles. The summed E-state index contributed by atoms with van der Waals surface area (Å²) in [6, 6.07) is 0. The summed E-state index contributed by atoms with van der Waals surface area (Å²) in [6.07, 6.45) is 4.34. The van der Waals surface area contributed by atoms with E-state index in [1.54, 1.807) is 0 Å². The van der Waals surface area contributed by atoms with E-state index in [-0.39, 0.29) is 11.9 Å². The van der Waals surface area contributed by atoms with Gasteiger partial charge in [-0.15, -0.1) is 0 Å². The van der Waals surface area contributed by atoms with Crippen molar-refractivity contribution >= 4 is 5.97 Å². The van der Waals surface area contributed by atoms with Gasteiger partial charge >= 0.3 is 5.97 Å². The molecule has 4 nitrogen and oxygen atoms in total. The minimum Gasteiger partial charge on any atom is -0.469 e. The maximum Gasteiger partial charge on any atom is 0.309 e. The van der Waals surface area contributed by atoms with E-state index in [0.717, 1.165) is 52.1 Å². The Balaban J connectivity index is 2.14. The van der Waals surface area contributed by atoms with Crippen LogP contribution in [0.25, 0.3) is 0 Å². The first-order valence-corrected chi connectivity index (χ1v) is 6.65. The molecule has 1 heterocycles. The third kappa shape index (κ3) is 5.50. The molecule has 100 valence electrons. The zero-order valence-corrected chi connectivity index (χ0v) is 11.1. The van der Waals surface area contributed by atoms with Gasteiger partial charge in [0.05, 0.1) is 19.6 Å². The van der Waals surface area contributed by atoms with Crippen LogP contribution in [0.15, 0.2) is 0 Å². The van der Waals surface area contributed by atoms with Crippen molar-refractivity contribution < 1.29 is 14.3 Å². The number of likely N-dealkylation sites (tertiary alicyclic amines) is 1. The molecule has 0 bridgehead atoms. The van der Waals surface area contributed by atoms with Crippen molar-refractivity contribution in [3.63, 3.8) is 0 Å². The molecule has 0 unspecified atom stereocenters. The van der Waals surface area contributed by atoms with Crippen LogP contribution in [-0.4, -0.2) is 50.8 Å². The Kier molecular flexibility index (Phi) is 7.21. The average Bonchev–Trinajstić information content (AvgIpc) is 2.38. The second-order valence-corrected chi connectivity index (χ2v) is 4.63. The summed E-state index contributed by atoms with van der Waals surface area (Å²) >= 11 is 0. The van der Waals surface area contributed by atoms with Gasteiger partial charge in [0.1, 0.15) is 0 Å². The van der Waals surface area contributed by atoms with Crippen molar-refractivity contribution in [1.82, 2.24) is 4.90 Å². The van der Waals surface area contributed by atoms with Crippen LogP contribution in [0.1, 0.15) is 32.6 Å². The lowest BCUT2D eigenvalue weighted by Crippen LogP contribution is -2.40. The number of unbranched alkanes of at least 4 members (excludes halogenated alkanes) is 1. The number of methoxy groups -OCH3 is 1. The molecule has 1 aliphatic rings. The highest BCUT2D eigenvalue weighted by Gasteiger charge is 2.25. The Bertz CT molecular complexity index is 221. The van der Waals surface area contributed by atoms with Crippen molar-refractivity contribution in [3.8, 4) is 0 Å². The summed E-state index contributed by atoms with van der Waals surface area (Å²) in [5, 5.41) is 0. The Morgan fingerprint density at radius 3 is 2.94 bits per heavy atom. The smallest absolute Gasteiger partial charge is 0.309 e. The number of hydrogen-bond acceptors (Lipinski definition) is 4. The first kappa shape index (κ1) is 14.5. The molecular formula is C13H25NO3. The molecule has 0 N–H and O–H groups in total. The van der Waals surface area contributed by atoms with Gasteiger partial charge < -0.3 is 14.4 Å². The van der Waals surface area contributed by atoms with Crippen LogP contribution in [0.3, 0.4) is 0 Å². The molecule has 0 aromatic rings. The fourth-order valence-electron chi connectivity index (χ4n) is 2.16. The number of piperidine rings is 1. The van der Waals surface area contributed by atoms with Crippen LogP contribution in [0.4, 0.5) is 0 Å². The molecule has 0 saturated carbocycles. The van der Waals surface area contributed by atoms with Crippen molar-refractivity contribution in [2.24, 2.45) is 5.92 Å². The molecule has 1 rings (SSSR count). The molecular weight excluding hydrogens is 218 g/mol. The summed E-state index contributed by atoms with van der Waals surface area (Å²) < 4.78 is 10.3. The Hall–Kier alpha value is -0.610. The molecule has 0 aromatic carbocycles. The number of ether oxygens (including phenoxy) is 2. The van der Waals surface area contributed by atoms with E-state index in [0.29, 0.717) is 0 Å². The highest BCUT2D eigenvalue weighted by Crippen LogP contribution is 2.17. The maximum absolute atomic E-state index is 11.4. The number of carbonyl (C=O) groups is 1. The second kappa shape index (κ2) is 8.48. The van der Waals surface area contributed by atoms with Gasteiger partial charge in [-0.05, 0) is 25.8 Å². The summed E-state index contributed by atoms with van der Waals surface area (Å²) in [5.74, 6) is -0.00834. The Labute approximate surface area is 104 Å². The minimum absolute atomic E-state index is 0.0596. The maximum atomic E-state index is 11.4. The first-order valence-electron chi connectivity index (χ1n) is 6.65. The van der Waals surface area contributed by atoms with Gasteiger partial charge in [-0.25, -0.2) is 0 Å². The van der Waals surface area contributed by atoms with Crippen LogP contribution < -0.4 is 0 Å². The van der Waals surface area contributed by atoms with Gasteiger partial charge in [0.25, 0.3) is 0 Å². The van der Waals surface area contributed by atoms with E-state index < -0.39 is 0 Å². The second-order valence-electron chi connectivity index (χ2n) is 4.63. The lowest BCUT2D eigenvalue weighted by Gasteiger charge is -2.31. The molecule has 1 saturated heterocycles. The van der Waals surface area contributed by atoms with Gasteiger partial charge in [0.2, 0.25) is 0 Å². The third-order valence-corrected chi connectivity index (χ3v) is 3.23. The van der Waals surface area contributed by atoms with Gasteiger partial charge in [-0.1, -0.05) is 13.3 Å². The van der Waals surface area contributed by atoms with Crippen molar-refractivity contribution in [2.45, 2.75) is 32.6 Å². The van der Waals surface area contributed by atoms with E-state index in [1.165, 1.54) is 13.5 Å². The molecule has 17 heavy (non-hydrogen) atoms. The Morgan fingerprint density at radius 1 is 1.41 bits per heavy atom. The molecule has 0 radical (unpaired) electrons. The quantitative estimate of drug-likeness (QED) is 0.504. The van der Waals surface area contributed by atoms with Crippen molar-refractivity contribution in [1.29, 1.82) is 0 Å². The first-order chi connectivity index (χ1) is 8.27. The predicted octanol–water partition coefficient (Wildman–Crippen LogP) is 1.69. The highest BCUT2D eigenvalue weighted by atomic mass is 16.5. The van der Waals surface area contributed by atoms with E-state index in [1.807, 2.05) is 0 Å². The zero-order chi connectivity index (χ0) is 12.5. The van der Waals surface area contributed by atoms with E-state index >= 15 is 0 Å². The number of esters is 1. The number of nitrogens with zero attached hydrogens (tertiary/aromatic N) is 1. The molecule has 0 aliphatic carbocycles. The summed E-state index contributed by atoms with van der Waals surface area (Å²) in [4.78, 5) is 13.8. The fraction of sp³-hybridized carbons (Fsp3) is 0.923. The summed E-state index contributed by atoms with van der Waals surface area (Å²) in [7, 11) is 1.47. The number of carbonyl (C=O) groups excluding carboxylic acids is 1. The van der Waals surface area contributed by atoms with E-state index in [4.69, 9.17) is 9.47 Å². The Morgan fingerprint density at radius 2 is 2.24 bits per heavy atom. The standard InChI is InChI=1S/C13H25NO3/c1-3-4-9-17-10-8-14-7-5-6-12(11-14)13(15)16-2/h12H,3-11H2,1-2H3/t12-/m0/s1. The minimum atomic E-state index is -0.0680. The average molecular weight is 243 g/mol. The summed E-state index contributed by atoms with van der Waals surface area (Å²) in [6.45, 7) is 6.61. The molecule has 0 amide bonds. The number of rotatable bonds is 7. The van der Waals surface area contributed by atoms with Gasteiger partial charge in [0.15, 0.2) is 0 Å². The summed E-state index contributed by atoms with van der Waals surface area (Å²) in [5.41, 5.74) is 0. The van der Waals surface area contributed by atoms with Gasteiger partial charge in [-0.2, -0.15) is 0 Å².